The van der Waals surface area contributed by atoms with Crippen LogP contribution >= 0.6 is 0 Å². The summed E-state index contributed by atoms with van der Waals surface area (Å²) in [7, 11) is -0.410. The topological polar surface area (TPSA) is 0 Å². The van der Waals surface area contributed by atoms with E-state index in [9.17, 15) is 0 Å². The van der Waals surface area contributed by atoms with Gasteiger partial charge in [0.15, 0.2) is 0 Å². The van der Waals surface area contributed by atoms with Crippen molar-refractivity contribution in [2.24, 2.45) is 5.41 Å². The number of rotatable bonds is 2. The molecule has 0 nitrogen and oxygen atoms in total. The summed E-state index contributed by atoms with van der Waals surface area (Å²) in [6.45, 7) is 14.3. The van der Waals surface area contributed by atoms with Gasteiger partial charge in [0.25, 0.3) is 0 Å². The third-order valence-electron chi connectivity index (χ3n) is 2.36. The van der Waals surface area contributed by atoms with Crippen LogP contribution in [0.5, 0.6) is 0 Å². The predicted octanol–water partition coefficient (Wildman–Crippen LogP) is 3.30. The minimum atomic E-state index is -0.410. The van der Waals surface area contributed by atoms with E-state index < -0.39 is 8.80 Å². The van der Waals surface area contributed by atoms with Gasteiger partial charge in [0.1, 0.15) is 0 Å². The lowest BCUT2D eigenvalue weighted by atomic mass is 9.90. The number of hydrogen-bond acceptors (Lipinski definition) is 0. The Balaban J connectivity index is 4.07. The fraction of sp³-hybridized carbons (Fsp3) is 1.00. The average molecular weight is 158 g/mol. The molecular formula is C9H22Si. The maximum absolute atomic E-state index is 2.46. The van der Waals surface area contributed by atoms with Gasteiger partial charge in [-0.15, -0.1) is 0 Å². The van der Waals surface area contributed by atoms with E-state index in [1.807, 2.05) is 0 Å². The molecule has 0 bridgehead atoms. The quantitative estimate of drug-likeness (QED) is 0.541. The van der Waals surface area contributed by atoms with Crippen LogP contribution in [0.15, 0.2) is 0 Å². The molecule has 0 rings (SSSR count). The summed E-state index contributed by atoms with van der Waals surface area (Å²) in [5.74, 6) is 0. The SMILES string of the molecule is CCC([SiH](C)C)C(C)(C)C. The fourth-order valence-corrected chi connectivity index (χ4v) is 5.03. The first-order valence-electron chi connectivity index (χ1n) is 4.39. The molecule has 0 N–H and O–H groups in total. The summed E-state index contributed by atoms with van der Waals surface area (Å²) in [5.41, 5.74) is 1.56. The standard InChI is InChI=1S/C9H22Si/c1-7-8(10(5)6)9(2,3)4/h8,10H,7H2,1-6H3. The highest BCUT2D eigenvalue weighted by Crippen LogP contribution is 2.36. The highest BCUT2D eigenvalue weighted by Gasteiger charge is 2.25. The zero-order chi connectivity index (χ0) is 8.36. The molecule has 62 valence electrons. The molecule has 0 heterocycles. The van der Waals surface area contributed by atoms with Crippen LogP contribution < -0.4 is 0 Å². The Morgan fingerprint density at radius 2 is 1.60 bits per heavy atom. The highest BCUT2D eigenvalue weighted by molar-refractivity contribution is 6.57. The molecule has 0 spiro atoms. The largest absolute Gasteiger partial charge is 0.0720 e. The first-order valence-corrected chi connectivity index (χ1v) is 7.37. The lowest BCUT2D eigenvalue weighted by Crippen LogP contribution is -2.25. The molecule has 0 aromatic carbocycles. The Labute approximate surface area is 67.6 Å². The van der Waals surface area contributed by atoms with Crippen LogP contribution in [0.3, 0.4) is 0 Å². The van der Waals surface area contributed by atoms with Crippen molar-refractivity contribution in [3.63, 3.8) is 0 Å². The van der Waals surface area contributed by atoms with Gasteiger partial charge in [-0.1, -0.05) is 47.2 Å². The molecule has 1 unspecified atom stereocenters. The minimum absolute atomic E-state index is 0.410. The van der Waals surface area contributed by atoms with Crippen molar-refractivity contribution in [3.8, 4) is 0 Å². The summed E-state index contributed by atoms with van der Waals surface area (Å²) in [6, 6.07) is 0. The van der Waals surface area contributed by atoms with Crippen LogP contribution in [0.1, 0.15) is 34.1 Å². The molecular weight excluding hydrogens is 136 g/mol. The smallest absolute Gasteiger partial charge is 0.0343 e. The van der Waals surface area contributed by atoms with Crippen molar-refractivity contribution in [3.05, 3.63) is 0 Å². The summed E-state index contributed by atoms with van der Waals surface area (Å²) in [4.78, 5) is 0. The van der Waals surface area contributed by atoms with E-state index in [0.717, 1.165) is 5.54 Å². The van der Waals surface area contributed by atoms with Gasteiger partial charge in [-0.05, 0) is 11.0 Å². The molecule has 10 heavy (non-hydrogen) atoms. The van der Waals surface area contributed by atoms with Crippen LogP contribution in [-0.2, 0) is 0 Å². The minimum Gasteiger partial charge on any atom is -0.0720 e. The van der Waals surface area contributed by atoms with Crippen molar-refractivity contribution < 1.29 is 0 Å². The second kappa shape index (κ2) is 3.56. The predicted molar refractivity (Wildman–Crippen MR) is 52.4 cm³/mol. The van der Waals surface area contributed by atoms with E-state index >= 15 is 0 Å². The first kappa shape index (κ1) is 10.2. The lowest BCUT2D eigenvalue weighted by molar-refractivity contribution is 0.367. The second-order valence-electron chi connectivity index (χ2n) is 4.62. The molecule has 0 fully saturated rings. The van der Waals surface area contributed by atoms with E-state index in [2.05, 4.69) is 40.8 Å². The van der Waals surface area contributed by atoms with Crippen molar-refractivity contribution >= 4 is 8.80 Å². The average Bonchev–Trinajstić information content (AvgIpc) is 1.60. The maximum atomic E-state index is 2.46. The Hall–Kier alpha value is 0.217. The molecule has 1 atom stereocenters. The first-order chi connectivity index (χ1) is 4.39. The van der Waals surface area contributed by atoms with Gasteiger partial charge in [-0.2, -0.15) is 0 Å². The van der Waals surface area contributed by atoms with Crippen LogP contribution in [0.2, 0.25) is 18.6 Å². The van der Waals surface area contributed by atoms with Crippen molar-refractivity contribution in [1.29, 1.82) is 0 Å². The van der Waals surface area contributed by atoms with E-state index in [-0.39, 0.29) is 0 Å². The van der Waals surface area contributed by atoms with Gasteiger partial charge < -0.3 is 0 Å². The molecule has 0 aliphatic carbocycles. The molecule has 0 saturated heterocycles. The zero-order valence-corrected chi connectivity index (χ0v) is 9.52. The van der Waals surface area contributed by atoms with Crippen molar-refractivity contribution in [1.82, 2.24) is 0 Å². The monoisotopic (exact) mass is 158 g/mol. The van der Waals surface area contributed by atoms with Crippen molar-refractivity contribution in [2.75, 3.05) is 0 Å². The Kier molecular flexibility index (Phi) is 3.64. The normalized spacial score (nSPS) is 15.9. The van der Waals surface area contributed by atoms with Crippen LogP contribution in [0, 0.1) is 5.41 Å². The Morgan fingerprint density at radius 1 is 1.20 bits per heavy atom. The van der Waals surface area contributed by atoms with Gasteiger partial charge >= 0.3 is 0 Å². The van der Waals surface area contributed by atoms with E-state index in [4.69, 9.17) is 0 Å². The third kappa shape index (κ3) is 2.87. The molecule has 0 amide bonds. The van der Waals surface area contributed by atoms with Crippen LogP contribution in [0.25, 0.3) is 0 Å². The molecule has 0 aromatic heterocycles. The summed E-state index contributed by atoms with van der Waals surface area (Å²) in [5, 5.41) is 0. The zero-order valence-electron chi connectivity index (χ0n) is 8.36. The van der Waals surface area contributed by atoms with Gasteiger partial charge in [-0.25, -0.2) is 0 Å². The van der Waals surface area contributed by atoms with Gasteiger partial charge in [0.2, 0.25) is 0 Å². The fourth-order valence-electron chi connectivity index (χ4n) is 2.08. The summed E-state index contributed by atoms with van der Waals surface area (Å²) in [6.07, 6.45) is 1.37. The highest BCUT2D eigenvalue weighted by atomic mass is 28.3. The van der Waals surface area contributed by atoms with E-state index in [1.165, 1.54) is 6.42 Å². The van der Waals surface area contributed by atoms with E-state index in [1.54, 1.807) is 0 Å². The Bertz CT molecular complexity index is 89.4. The lowest BCUT2D eigenvalue weighted by Gasteiger charge is -2.32. The number of hydrogen-bond donors (Lipinski definition) is 0. The maximum Gasteiger partial charge on any atom is 0.0343 e. The van der Waals surface area contributed by atoms with Crippen LogP contribution in [-0.4, -0.2) is 8.80 Å². The molecule has 0 radical (unpaired) electrons. The second-order valence-corrected chi connectivity index (χ2v) is 7.92. The molecule has 0 aliphatic rings. The van der Waals surface area contributed by atoms with Crippen molar-refractivity contribution in [2.45, 2.75) is 52.8 Å². The van der Waals surface area contributed by atoms with E-state index in [0.29, 0.717) is 5.41 Å². The summed E-state index contributed by atoms with van der Waals surface area (Å²) >= 11 is 0. The van der Waals surface area contributed by atoms with Gasteiger partial charge in [0.05, 0.1) is 0 Å². The molecule has 0 aliphatic heterocycles. The molecule has 0 aromatic rings. The molecule has 1 heteroatoms. The Morgan fingerprint density at radius 3 is 1.60 bits per heavy atom. The van der Waals surface area contributed by atoms with Gasteiger partial charge in [-0.3, -0.25) is 0 Å². The molecule has 0 saturated carbocycles. The third-order valence-corrected chi connectivity index (χ3v) is 5.44. The van der Waals surface area contributed by atoms with Gasteiger partial charge in [0, 0.05) is 8.80 Å². The van der Waals surface area contributed by atoms with Crippen LogP contribution in [0.4, 0.5) is 0 Å². The summed E-state index contributed by atoms with van der Waals surface area (Å²) < 4.78 is 0.